The Morgan fingerprint density at radius 2 is 2.28 bits per heavy atom. The van der Waals surface area contributed by atoms with Crippen molar-refractivity contribution in [2.45, 2.75) is 37.8 Å². The first-order chi connectivity index (χ1) is 12.1. The van der Waals surface area contributed by atoms with E-state index in [4.69, 9.17) is 4.74 Å². The molecule has 0 spiro atoms. The molecule has 1 fully saturated rings. The second-order valence-corrected chi connectivity index (χ2v) is 7.29. The van der Waals surface area contributed by atoms with Gasteiger partial charge in [-0.3, -0.25) is 4.79 Å². The highest BCUT2D eigenvalue weighted by Gasteiger charge is 2.17. The van der Waals surface area contributed by atoms with E-state index in [0.29, 0.717) is 17.1 Å². The summed E-state index contributed by atoms with van der Waals surface area (Å²) >= 11 is 1.30. The van der Waals surface area contributed by atoms with Crippen LogP contribution in [0.1, 0.15) is 29.5 Å². The molecule has 25 heavy (non-hydrogen) atoms. The Hall–Kier alpha value is -2.10. The number of rotatable bonds is 5. The zero-order valence-corrected chi connectivity index (χ0v) is 15.3. The van der Waals surface area contributed by atoms with Gasteiger partial charge < -0.3 is 10.1 Å². The maximum atomic E-state index is 12.0. The Balaban J connectivity index is 1.69. The molecule has 6 heteroatoms. The van der Waals surface area contributed by atoms with Crippen LogP contribution < -0.4 is 5.32 Å². The van der Waals surface area contributed by atoms with Crippen molar-refractivity contribution in [2.75, 3.05) is 18.9 Å². The van der Waals surface area contributed by atoms with E-state index in [1.807, 2.05) is 26.0 Å². The molecule has 0 unspecified atom stereocenters. The molecule has 1 aromatic carbocycles. The highest BCUT2D eigenvalue weighted by atomic mass is 32.2. The van der Waals surface area contributed by atoms with E-state index in [1.54, 1.807) is 0 Å². The molecule has 2 aromatic rings. The molecule has 0 radical (unpaired) electrons. The van der Waals surface area contributed by atoms with Crippen molar-refractivity contribution >= 4 is 28.6 Å². The number of carbonyl (C=O) groups excluding carboxylic acids is 1. The number of hydrogen-bond acceptors (Lipinski definition) is 5. The van der Waals surface area contributed by atoms with Crippen LogP contribution in [0.15, 0.2) is 23.2 Å². The molecule has 5 nitrogen and oxygen atoms in total. The molecule has 1 saturated heterocycles. The van der Waals surface area contributed by atoms with Gasteiger partial charge in [0.15, 0.2) is 0 Å². The Morgan fingerprint density at radius 3 is 3.00 bits per heavy atom. The smallest absolute Gasteiger partial charge is 0.230 e. The average molecular weight is 355 g/mol. The first-order valence-corrected chi connectivity index (χ1v) is 9.38. The van der Waals surface area contributed by atoms with Gasteiger partial charge in [0.2, 0.25) is 5.91 Å². The third-order valence-corrected chi connectivity index (χ3v) is 5.25. The molecule has 1 amide bonds. The Labute approximate surface area is 151 Å². The lowest BCUT2D eigenvalue weighted by molar-refractivity contribution is -0.119. The lowest BCUT2D eigenvalue weighted by Crippen LogP contribution is -2.32. The Morgan fingerprint density at radius 1 is 1.44 bits per heavy atom. The van der Waals surface area contributed by atoms with Gasteiger partial charge in [0.05, 0.1) is 22.9 Å². The van der Waals surface area contributed by atoms with Crippen LogP contribution in [0.4, 0.5) is 0 Å². The minimum absolute atomic E-state index is 0.0632. The van der Waals surface area contributed by atoms with Crippen LogP contribution >= 0.6 is 11.8 Å². The fourth-order valence-corrected chi connectivity index (χ4v) is 3.81. The van der Waals surface area contributed by atoms with Crippen molar-refractivity contribution in [1.29, 1.82) is 5.26 Å². The maximum absolute atomic E-state index is 12.0. The molecule has 0 saturated carbocycles. The second-order valence-electron chi connectivity index (χ2n) is 6.33. The van der Waals surface area contributed by atoms with E-state index < -0.39 is 0 Å². The number of aromatic nitrogens is 1. The predicted molar refractivity (Wildman–Crippen MR) is 98.6 cm³/mol. The molecule has 3 rings (SSSR count). The lowest BCUT2D eigenvalue weighted by atomic mass is 10.1. The number of nitrogens with one attached hydrogen (secondary N) is 1. The summed E-state index contributed by atoms with van der Waals surface area (Å²) < 4.78 is 5.50. The predicted octanol–water partition coefficient (Wildman–Crippen LogP) is 3.11. The number of benzene rings is 1. The van der Waals surface area contributed by atoms with Crippen LogP contribution in [-0.4, -0.2) is 35.9 Å². The van der Waals surface area contributed by atoms with Gasteiger partial charge in [-0.1, -0.05) is 17.8 Å². The quantitative estimate of drug-likeness (QED) is 0.834. The Bertz CT molecular complexity index is 839. The molecular formula is C19H21N3O2S. The fraction of sp³-hybridized carbons (Fsp3) is 0.421. The first kappa shape index (κ1) is 17.7. The normalized spacial score (nSPS) is 16.8. The van der Waals surface area contributed by atoms with E-state index in [2.05, 4.69) is 22.4 Å². The largest absolute Gasteiger partial charge is 0.376 e. The van der Waals surface area contributed by atoms with Gasteiger partial charge in [-0.15, -0.1) is 0 Å². The first-order valence-electron chi connectivity index (χ1n) is 8.40. The van der Waals surface area contributed by atoms with E-state index in [0.717, 1.165) is 41.5 Å². The highest BCUT2D eigenvalue weighted by Crippen LogP contribution is 2.27. The van der Waals surface area contributed by atoms with Crippen molar-refractivity contribution in [1.82, 2.24) is 10.3 Å². The lowest BCUT2D eigenvalue weighted by Gasteiger charge is -2.11. The summed E-state index contributed by atoms with van der Waals surface area (Å²) in [7, 11) is 0. The van der Waals surface area contributed by atoms with Gasteiger partial charge in [0, 0.05) is 18.5 Å². The Kier molecular flexibility index (Phi) is 5.57. The van der Waals surface area contributed by atoms with Crippen molar-refractivity contribution in [3.05, 3.63) is 34.9 Å². The topological polar surface area (TPSA) is 75.0 Å². The number of hydrogen-bond donors (Lipinski definition) is 1. The number of thioether (sulfide) groups is 1. The summed E-state index contributed by atoms with van der Waals surface area (Å²) in [6.45, 7) is 5.37. The third kappa shape index (κ3) is 4.30. The van der Waals surface area contributed by atoms with E-state index in [9.17, 15) is 10.1 Å². The molecule has 130 valence electrons. The van der Waals surface area contributed by atoms with Crippen LogP contribution in [0.5, 0.6) is 0 Å². The number of ether oxygens (including phenoxy) is 1. The summed E-state index contributed by atoms with van der Waals surface area (Å²) in [6.07, 6.45) is 2.19. The molecule has 0 aliphatic carbocycles. The van der Waals surface area contributed by atoms with Crippen molar-refractivity contribution < 1.29 is 9.53 Å². The number of carbonyl (C=O) groups is 1. The zero-order valence-electron chi connectivity index (χ0n) is 14.5. The van der Waals surface area contributed by atoms with E-state index in [1.165, 1.54) is 11.8 Å². The number of nitrogens with zero attached hydrogens (tertiary/aromatic N) is 2. The van der Waals surface area contributed by atoms with E-state index in [-0.39, 0.29) is 17.8 Å². The minimum Gasteiger partial charge on any atom is -0.376 e. The molecule has 1 atom stereocenters. The standard InChI is InChI=1S/C19H21N3O2S/c1-12-6-13(2)16-8-14(9-20)19(22-17(16)7-12)25-11-18(23)21-10-15-4-3-5-24-15/h6-8,15H,3-5,10-11H2,1-2H3,(H,21,23)/t15-/m1/s1. The van der Waals surface area contributed by atoms with Crippen LogP contribution in [0.25, 0.3) is 10.9 Å². The van der Waals surface area contributed by atoms with Crippen LogP contribution in [0.3, 0.4) is 0 Å². The summed E-state index contributed by atoms with van der Waals surface area (Å²) in [5, 5.41) is 13.9. The summed E-state index contributed by atoms with van der Waals surface area (Å²) in [5.74, 6) is 0.178. The molecular weight excluding hydrogens is 334 g/mol. The number of fused-ring (bicyclic) bond motifs is 1. The summed E-state index contributed by atoms with van der Waals surface area (Å²) in [5.41, 5.74) is 3.60. The monoisotopic (exact) mass is 355 g/mol. The maximum Gasteiger partial charge on any atom is 0.230 e. The van der Waals surface area contributed by atoms with Crippen LogP contribution in [0.2, 0.25) is 0 Å². The second kappa shape index (κ2) is 7.85. The van der Waals surface area contributed by atoms with Gasteiger partial charge in [-0.25, -0.2) is 4.98 Å². The SMILES string of the molecule is Cc1cc(C)c2cc(C#N)c(SCC(=O)NC[C@H]3CCCO3)nc2c1. The van der Waals surface area contributed by atoms with Crippen LogP contribution in [0, 0.1) is 25.2 Å². The number of amides is 1. The number of pyridine rings is 1. The van der Waals surface area contributed by atoms with Gasteiger partial charge in [0.1, 0.15) is 11.1 Å². The van der Waals surface area contributed by atoms with Crippen molar-refractivity contribution in [2.24, 2.45) is 0 Å². The van der Waals surface area contributed by atoms with Crippen LogP contribution in [-0.2, 0) is 9.53 Å². The molecule has 1 aliphatic heterocycles. The van der Waals surface area contributed by atoms with Gasteiger partial charge in [-0.05, 0) is 49.9 Å². The summed E-state index contributed by atoms with van der Waals surface area (Å²) in [4.78, 5) is 16.7. The molecule has 1 aliphatic rings. The van der Waals surface area contributed by atoms with Gasteiger partial charge in [-0.2, -0.15) is 5.26 Å². The van der Waals surface area contributed by atoms with Crippen molar-refractivity contribution in [3.8, 4) is 6.07 Å². The molecule has 0 bridgehead atoms. The zero-order chi connectivity index (χ0) is 17.8. The van der Waals surface area contributed by atoms with Gasteiger partial charge in [0.25, 0.3) is 0 Å². The number of nitriles is 1. The van der Waals surface area contributed by atoms with Crippen molar-refractivity contribution in [3.63, 3.8) is 0 Å². The highest BCUT2D eigenvalue weighted by molar-refractivity contribution is 8.00. The fourth-order valence-electron chi connectivity index (χ4n) is 3.02. The van der Waals surface area contributed by atoms with Gasteiger partial charge >= 0.3 is 0 Å². The van der Waals surface area contributed by atoms with E-state index >= 15 is 0 Å². The molecule has 1 aromatic heterocycles. The third-order valence-electron chi connectivity index (χ3n) is 4.26. The molecule has 2 heterocycles. The summed E-state index contributed by atoms with van der Waals surface area (Å²) in [6, 6.07) is 8.14. The number of aryl methyl sites for hydroxylation is 2. The average Bonchev–Trinajstić information content (AvgIpc) is 3.10. The molecule has 1 N–H and O–H groups in total. The minimum atomic E-state index is -0.0632.